The summed E-state index contributed by atoms with van der Waals surface area (Å²) < 4.78 is 43.9. The summed E-state index contributed by atoms with van der Waals surface area (Å²) in [5, 5.41) is 2.54. The quantitative estimate of drug-likeness (QED) is 0.375. The Morgan fingerprint density at radius 1 is 1.09 bits per heavy atom. The molecule has 4 atom stereocenters. The van der Waals surface area contributed by atoms with Crippen molar-refractivity contribution in [2.45, 2.75) is 96.7 Å². The van der Waals surface area contributed by atoms with Crippen LogP contribution in [-0.4, -0.2) is 68.5 Å². The van der Waals surface area contributed by atoms with Crippen molar-refractivity contribution in [3.05, 3.63) is 44.5 Å². The number of fused-ring (bicyclic) bond motifs is 5. The predicted molar refractivity (Wildman–Crippen MR) is 169 cm³/mol. The molecule has 7 rings (SSSR count). The van der Waals surface area contributed by atoms with Crippen LogP contribution >= 0.6 is 11.6 Å². The minimum Gasteiger partial charge on any atom is -0.444 e. The minimum atomic E-state index is -3.87. The van der Waals surface area contributed by atoms with Crippen LogP contribution in [0.1, 0.15) is 76.0 Å². The average molecular weight is 673 g/mol. The fourth-order valence-electron chi connectivity index (χ4n) is 7.07. The number of nitrogens with one attached hydrogen (secondary N) is 1. The number of benzene rings is 1. The maximum atomic E-state index is 14.4. The Bertz CT molecular complexity index is 1910. The third-order valence-electron chi connectivity index (χ3n) is 9.38. The van der Waals surface area contributed by atoms with Gasteiger partial charge in [-0.2, -0.15) is 0 Å². The number of hydrogen-bond donors (Lipinski definition) is 1. The summed E-state index contributed by atoms with van der Waals surface area (Å²) >= 11 is 6.38. The summed E-state index contributed by atoms with van der Waals surface area (Å²) in [4.78, 5) is 54.7. The highest BCUT2D eigenvalue weighted by Crippen LogP contribution is 2.49. The van der Waals surface area contributed by atoms with Crippen LogP contribution in [0.25, 0.3) is 11.2 Å². The molecule has 0 bridgehead atoms. The second kappa shape index (κ2) is 10.7. The number of amides is 2. The third-order valence-corrected chi connectivity index (χ3v) is 9.75. The largest absolute Gasteiger partial charge is 0.586 e. The molecule has 1 N–H and O–H groups in total. The van der Waals surface area contributed by atoms with Crippen LogP contribution in [-0.2, 0) is 9.53 Å². The van der Waals surface area contributed by atoms with Gasteiger partial charge < -0.3 is 33.9 Å². The Hall–Kier alpha value is -4.20. The average Bonchev–Trinajstić information content (AvgIpc) is 3.47. The topological polar surface area (TPSA) is 128 Å². The number of anilines is 2. The minimum absolute atomic E-state index is 0.0667. The molecule has 2 amide bonds. The number of alkyl halides is 2. The van der Waals surface area contributed by atoms with Gasteiger partial charge in [-0.15, -0.1) is 8.78 Å². The van der Waals surface area contributed by atoms with E-state index < -0.39 is 23.8 Å². The van der Waals surface area contributed by atoms with E-state index in [1.54, 1.807) is 23.3 Å². The van der Waals surface area contributed by atoms with Crippen LogP contribution in [0, 0.1) is 13.8 Å². The van der Waals surface area contributed by atoms with Crippen molar-refractivity contribution in [2.75, 3.05) is 23.3 Å². The number of halogens is 3. The molecule has 0 unspecified atom stereocenters. The van der Waals surface area contributed by atoms with E-state index in [1.807, 2.05) is 27.7 Å². The number of aryl methyl sites for hydroxylation is 2. The van der Waals surface area contributed by atoms with Crippen molar-refractivity contribution in [2.24, 2.45) is 0 Å². The van der Waals surface area contributed by atoms with Crippen molar-refractivity contribution in [3.8, 4) is 11.5 Å². The van der Waals surface area contributed by atoms with Gasteiger partial charge in [-0.25, -0.2) is 14.8 Å². The molecule has 2 aromatic heterocycles. The van der Waals surface area contributed by atoms with Gasteiger partial charge in [-0.1, -0.05) is 18.5 Å². The fraction of sp³-hybridized carbons (Fsp3) is 0.531. The normalized spacial score (nSPS) is 24.1. The molecule has 3 aliphatic heterocycles. The lowest BCUT2D eigenvalue weighted by atomic mass is 9.81. The molecule has 5 heterocycles. The summed E-state index contributed by atoms with van der Waals surface area (Å²) in [6, 6.07) is 1.54. The second-order valence-corrected chi connectivity index (χ2v) is 14.0. The smallest absolute Gasteiger partial charge is 0.444 e. The van der Waals surface area contributed by atoms with Gasteiger partial charge in [-0.3, -0.25) is 9.59 Å². The summed E-state index contributed by atoms with van der Waals surface area (Å²) in [5.74, 6) is -1.33. The van der Waals surface area contributed by atoms with Crippen molar-refractivity contribution in [1.82, 2.24) is 19.4 Å². The molecule has 2 fully saturated rings. The van der Waals surface area contributed by atoms with Gasteiger partial charge in [-0.05, 0) is 66.0 Å². The van der Waals surface area contributed by atoms with Crippen molar-refractivity contribution < 1.29 is 32.6 Å². The molecule has 1 aromatic carbocycles. The molecule has 1 aliphatic carbocycles. The van der Waals surface area contributed by atoms with Gasteiger partial charge in [0.25, 0.3) is 0 Å². The van der Waals surface area contributed by atoms with E-state index in [0.717, 1.165) is 12.8 Å². The number of rotatable bonds is 3. The molecule has 1 saturated carbocycles. The fourth-order valence-corrected chi connectivity index (χ4v) is 7.31. The maximum Gasteiger partial charge on any atom is 0.586 e. The van der Waals surface area contributed by atoms with E-state index in [0.29, 0.717) is 42.3 Å². The van der Waals surface area contributed by atoms with Crippen LogP contribution in [0.3, 0.4) is 0 Å². The highest BCUT2D eigenvalue weighted by molar-refractivity contribution is 6.35. The first-order valence-corrected chi connectivity index (χ1v) is 16.0. The van der Waals surface area contributed by atoms with Crippen LogP contribution in [0.4, 0.5) is 25.0 Å². The van der Waals surface area contributed by atoms with Gasteiger partial charge >= 0.3 is 12.4 Å². The van der Waals surface area contributed by atoms with Crippen LogP contribution in [0.5, 0.6) is 11.5 Å². The third kappa shape index (κ3) is 5.11. The molecule has 0 radical (unpaired) electrons. The summed E-state index contributed by atoms with van der Waals surface area (Å²) in [6.07, 6.45) is -2.36. The van der Waals surface area contributed by atoms with Gasteiger partial charge in [0.15, 0.2) is 22.7 Å². The molecule has 4 aliphatic rings. The number of pyridine rings is 1. The highest BCUT2D eigenvalue weighted by atomic mass is 35.5. The van der Waals surface area contributed by atoms with Crippen LogP contribution in [0.15, 0.2) is 16.9 Å². The first-order chi connectivity index (χ1) is 22.0. The molecular formula is C32H35ClF2N6O6. The van der Waals surface area contributed by atoms with E-state index in [-0.39, 0.29) is 62.9 Å². The van der Waals surface area contributed by atoms with E-state index in [4.69, 9.17) is 21.3 Å². The molecule has 0 spiro atoms. The van der Waals surface area contributed by atoms with E-state index in [9.17, 15) is 23.2 Å². The van der Waals surface area contributed by atoms with Crippen molar-refractivity contribution in [3.63, 3.8) is 0 Å². The van der Waals surface area contributed by atoms with E-state index in [2.05, 4.69) is 24.7 Å². The van der Waals surface area contributed by atoms with E-state index in [1.165, 1.54) is 12.1 Å². The lowest BCUT2D eigenvalue weighted by Crippen LogP contribution is -2.67. The molecule has 15 heteroatoms. The molecule has 3 aromatic rings. The molecule has 47 heavy (non-hydrogen) atoms. The summed E-state index contributed by atoms with van der Waals surface area (Å²) in [6.45, 7) is 11.8. The van der Waals surface area contributed by atoms with Crippen LogP contribution in [0.2, 0.25) is 5.02 Å². The Balaban J connectivity index is 1.29. The Kier molecular flexibility index (Phi) is 7.12. The number of carbonyl (C=O) groups excluding carboxylic acids is 2. The zero-order chi connectivity index (χ0) is 33.7. The number of nitrogens with zero attached hydrogens (tertiary/aromatic N) is 5. The highest BCUT2D eigenvalue weighted by Gasteiger charge is 2.49. The molecule has 1 saturated heterocycles. The zero-order valence-electron chi connectivity index (χ0n) is 26.8. The van der Waals surface area contributed by atoms with Crippen molar-refractivity contribution >= 4 is 46.1 Å². The number of piperazine rings is 1. The van der Waals surface area contributed by atoms with E-state index >= 15 is 0 Å². The maximum absolute atomic E-state index is 14.4. The van der Waals surface area contributed by atoms with Crippen LogP contribution < -0.4 is 25.1 Å². The lowest BCUT2D eigenvalue weighted by Gasteiger charge is -2.54. The number of carbonyl (C=O) groups is 2. The van der Waals surface area contributed by atoms with Gasteiger partial charge in [0.1, 0.15) is 22.4 Å². The lowest BCUT2D eigenvalue weighted by molar-refractivity contribution is -0.286. The second-order valence-electron chi connectivity index (χ2n) is 13.6. The van der Waals surface area contributed by atoms with Gasteiger partial charge in [0, 0.05) is 25.0 Å². The Morgan fingerprint density at radius 3 is 2.47 bits per heavy atom. The number of hydrogen-bond acceptors (Lipinski definition) is 9. The molecule has 250 valence electrons. The Morgan fingerprint density at radius 2 is 1.79 bits per heavy atom. The number of aromatic nitrogens is 3. The molecular weight excluding hydrogens is 638 g/mol. The number of ether oxygens (including phenoxy) is 3. The standard InChI is InChI=1S/C32H35ClF2N6O6/c1-14-13-20(29(43)38-17-7-10-21-27(22(17)33)46-32(34,35)45-21)41-24(14)25(26(42)23-28(41)37-16(3)15(2)36-23)39-11-12-40(19-9-8-18(19)39)30(44)47-31(4,5)6/h7,10,14,18-20H,8-9,11-13H2,1-6H3,(H,38,43)/t14-,18+,19+,20-/m1/s1. The summed E-state index contributed by atoms with van der Waals surface area (Å²) in [7, 11) is 0. The first-order valence-electron chi connectivity index (χ1n) is 15.6. The predicted octanol–water partition coefficient (Wildman–Crippen LogP) is 5.66. The van der Waals surface area contributed by atoms with Crippen molar-refractivity contribution in [1.29, 1.82) is 0 Å². The first kappa shape index (κ1) is 31.4. The zero-order valence-corrected chi connectivity index (χ0v) is 27.6. The summed E-state index contributed by atoms with van der Waals surface area (Å²) in [5.41, 5.74) is 1.91. The SMILES string of the molecule is Cc1nc2c(=O)c(N3CCN(C(=O)OC(C)(C)C)[C@H]4CC[C@@H]43)c3n(c2nc1C)[C@@H](C(=O)Nc1ccc2c(c1Cl)OC(F)(F)O2)C[C@H]3C. The monoisotopic (exact) mass is 672 g/mol. The Labute approximate surface area is 273 Å². The molecule has 12 nitrogen and oxygen atoms in total. The van der Waals surface area contributed by atoms with Gasteiger partial charge in [0.2, 0.25) is 11.3 Å². The van der Waals surface area contributed by atoms with Gasteiger partial charge in [0.05, 0.1) is 28.8 Å².